The van der Waals surface area contributed by atoms with Crippen molar-refractivity contribution in [2.75, 3.05) is 6.61 Å². The Morgan fingerprint density at radius 1 is 1.53 bits per heavy atom. The number of ketones is 1. The number of fused-ring (bicyclic) bond motifs is 1. The first-order valence-electron chi connectivity index (χ1n) is 5.58. The van der Waals surface area contributed by atoms with E-state index in [0.29, 0.717) is 0 Å². The second-order valence-corrected chi connectivity index (χ2v) is 3.83. The van der Waals surface area contributed by atoms with Crippen molar-refractivity contribution in [3.05, 3.63) is 33.9 Å². The monoisotopic (exact) mass is 262 g/mol. The Labute approximate surface area is 108 Å². The highest BCUT2D eigenvalue weighted by molar-refractivity contribution is 6.22. The van der Waals surface area contributed by atoms with Gasteiger partial charge in [0.05, 0.1) is 17.2 Å². The summed E-state index contributed by atoms with van der Waals surface area (Å²) in [6.45, 7) is 1.81. The number of hydrogen-bond acceptors (Lipinski definition) is 6. The SMILES string of the molecule is CCOC(=O)C1C=Nc2cc([N+](=O)[O-])ccc2C1=O. The van der Waals surface area contributed by atoms with Crippen LogP contribution in [0.5, 0.6) is 0 Å². The first-order chi connectivity index (χ1) is 9.04. The predicted octanol–water partition coefficient (Wildman–Crippen LogP) is 1.67. The van der Waals surface area contributed by atoms with Gasteiger partial charge in [0.2, 0.25) is 0 Å². The summed E-state index contributed by atoms with van der Waals surface area (Å²) in [4.78, 5) is 37.6. The van der Waals surface area contributed by atoms with Crippen LogP contribution < -0.4 is 0 Å². The van der Waals surface area contributed by atoms with Crippen LogP contribution >= 0.6 is 0 Å². The van der Waals surface area contributed by atoms with Crippen molar-refractivity contribution in [1.82, 2.24) is 0 Å². The molecule has 7 nitrogen and oxygen atoms in total. The van der Waals surface area contributed by atoms with E-state index in [1.165, 1.54) is 18.2 Å². The summed E-state index contributed by atoms with van der Waals surface area (Å²) in [5.41, 5.74) is 0.226. The minimum atomic E-state index is -1.08. The Bertz CT molecular complexity index is 594. The first kappa shape index (κ1) is 12.9. The molecule has 0 aromatic heterocycles. The molecule has 1 aliphatic rings. The van der Waals surface area contributed by atoms with Gasteiger partial charge in [-0.2, -0.15) is 0 Å². The number of nitro groups is 1. The number of nitro benzene ring substituents is 1. The van der Waals surface area contributed by atoms with Gasteiger partial charge in [-0.1, -0.05) is 0 Å². The average Bonchev–Trinajstić information content (AvgIpc) is 2.38. The number of rotatable bonds is 3. The lowest BCUT2D eigenvalue weighted by atomic mass is 9.94. The third kappa shape index (κ3) is 2.35. The van der Waals surface area contributed by atoms with Crippen LogP contribution in [0.1, 0.15) is 17.3 Å². The summed E-state index contributed by atoms with van der Waals surface area (Å²) < 4.78 is 4.77. The zero-order valence-corrected chi connectivity index (χ0v) is 10.0. The molecule has 0 amide bonds. The number of carbonyl (C=O) groups is 2. The number of non-ortho nitro benzene ring substituents is 1. The zero-order chi connectivity index (χ0) is 14.0. The maximum Gasteiger partial charge on any atom is 0.322 e. The van der Waals surface area contributed by atoms with E-state index in [-0.39, 0.29) is 23.5 Å². The third-order valence-corrected chi connectivity index (χ3v) is 2.64. The van der Waals surface area contributed by atoms with E-state index in [0.717, 1.165) is 6.21 Å². The summed E-state index contributed by atoms with van der Waals surface area (Å²) in [6, 6.07) is 3.71. The van der Waals surface area contributed by atoms with Gasteiger partial charge >= 0.3 is 5.97 Å². The topological polar surface area (TPSA) is 98.9 Å². The molecule has 2 rings (SSSR count). The number of carbonyl (C=O) groups excluding carboxylic acids is 2. The van der Waals surface area contributed by atoms with Gasteiger partial charge in [0.15, 0.2) is 11.7 Å². The van der Waals surface area contributed by atoms with Crippen molar-refractivity contribution in [3.8, 4) is 0 Å². The van der Waals surface area contributed by atoms with Crippen molar-refractivity contribution in [2.45, 2.75) is 6.92 Å². The fourth-order valence-electron chi connectivity index (χ4n) is 1.74. The Morgan fingerprint density at radius 3 is 2.89 bits per heavy atom. The van der Waals surface area contributed by atoms with Gasteiger partial charge in [0.1, 0.15) is 0 Å². The molecule has 0 spiro atoms. The number of Topliss-reactive ketones (excluding diaryl/α,β-unsaturated/α-hetero) is 1. The van der Waals surface area contributed by atoms with Crippen molar-refractivity contribution < 1.29 is 19.2 Å². The van der Waals surface area contributed by atoms with Crippen molar-refractivity contribution in [1.29, 1.82) is 0 Å². The molecule has 0 aliphatic carbocycles. The largest absolute Gasteiger partial charge is 0.465 e. The van der Waals surface area contributed by atoms with Crippen LogP contribution in [0, 0.1) is 16.0 Å². The van der Waals surface area contributed by atoms with E-state index >= 15 is 0 Å². The van der Waals surface area contributed by atoms with Crippen LogP contribution in [0.15, 0.2) is 23.2 Å². The molecule has 1 aromatic rings. The first-order valence-corrected chi connectivity index (χ1v) is 5.58. The maximum atomic E-state index is 12.1. The molecule has 1 unspecified atom stereocenters. The Kier molecular flexibility index (Phi) is 3.37. The number of nitrogens with zero attached hydrogens (tertiary/aromatic N) is 2. The van der Waals surface area contributed by atoms with Crippen LogP contribution in [0.4, 0.5) is 11.4 Å². The van der Waals surface area contributed by atoms with Gasteiger partial charge in [0, 0.05) is 23.9 Å². The highest BCUT2D eigenvalue weighted by atomic mass is 16.6. The Hall–Kier alpha value is -2.57. The molecule has 0 bridgehead atoms. The molecule has 19 heavy (non-hydrogen) atoms. The number of aliphatic imine (C=N–C) groups is 1. The highest BCUT2D eigenvalue weighted by Crippen LogP contribution is 2.30. The molecule has 1 aromatic carbocycles. The molecule has 7 heteroatoms. The maximum absolute atomic E-state index is 12.1. The molecule has 0 N–H and O–H groups in total. The molecule has 1 heterocycles. The molecule has 0 saturated heterocycles. The lowest BCUT2D eigenvalue weighted by molar-refractivity contribution is -0.384. The highest BCUT2D eigenvalue weighted by Gasteiger charge is 2.32. The standard InChI is InChI=1S/C12H10N2O5/c1-2-19-12(16)9-6-13-10-5-7(14(17)18)3-4-8(10)11(9)15/h3-6,9H,2H2,1H3. The van der Waals surface area contributed by atoms with E-state index in [4.69, 9.17) is 4.74 Å². The van der Waals surface area contributed by atoms with Gasteiger partial charge in [-0.15, -0.1) is 0 Å². The number of esters is 1. The lowest BCUT2D eigenvalue weighted by Gasteiger charge is -2.15. The van der Waals surface area contributed by atoms with E-state index in [2.05, 4.69) is 4.99 Å². The molecule has 0 saturated carbocycles. The number of ether oxygens (including phenoxy) is 1. The predicted molar refractivity (Wildman–Crippen MR) is 65.7 cm³/mol. The summed E-state index contributed by atoms with van der Waals surface area (Å²) in [7, 11) is 0. The van der Waals surface area contributed by atoms with Crippen molar-refractivity contribution >= 4 is 29.3 Å². The van der Waals surface area contributed by atoms with Crippen LogP contribution in [-0.4, -0.2) is 29.5 Å². The van der Waals surface area contributed by atoms with Crippen LogP contribution in [-0.2, 0) is 9.53 Å². The van der Waals surface area contributed by atoms with Crippen molar-refractivity contribution in [2.24, 2.45) is 10.9 Å². The third-order valence-electron chi connectivity index (χ3n) is 2.64. The molecular weight excluding hydrogens is 252 g/mol. The number of benzene rings is 1. The lowest BCUT2D eigenvalue weighted by Crippen LogP contribution is -2.29. The van der Waals surface area contributed by atoms with Gasteiger partial charge < -0.3 is 4.74 Å². The summed E-state index contributed by atoms with van der Waals surface area (Å²) in [6.07, 6.45) is 1.16. The van der Waals surface area contributed by atoms with E-state index < -0.39 is 22.6 Å². The van der Waals surface area contributed by atoms with Crippen LogP contribution in [0.25, 0.3) is 0 Å². The van der Waals surface area contributed by atoms with Gasteiger partial charge in [0.25, 0.3) is 5.69 Å². The minimum Gasteiger partial charge on any atom is -0.465 e. The van der Waals surface area contributed by atoms with Gasteiger partial charge in [-0.05, 0) is 13.0 Å². The fourth-order valence-corrected chi connectivity index (χ4v) is 1.74. The minimum absolute atomic E-state index is 0.154. The van der Waals surface area contributed by atoms with E-state index in [9.17, 15) is 19.7 Å². The molecule has 98 valence electrons. The molecule has 1 aliphatic heterocycles. The second kappa shape index (κ2) is 4.97. The summed E-state index contributed by atoms with van der Waals surface area (Å²) in [5, 5.41) is 10.6. The molecule has 0 fully saturated rings. The van der Waals surface area contributed by atoms with Gasteiger partial charge in [-0.25, -0.2) is 0 Å². The van der Waals surface area contributed by atoms with Crippen LogP contribution in [0.3, 0.4) is 0 Å². The smallest absolute Gasteiger partial charge is 0.322 e. The molecule has 1 atom stereocenters. The summed E-state index contributed by atoms with van der Waals surface area (Å²) in [5.74, 6) is -2.20. The molecule has 0 radical (unpaired) electrons. The Balaban J connectivity index is 2.36. The van der Waals surface area contributed by atoms with E-state index in [1.54, 1.807) is 6.92 Å². The Morgan fingerprint density at radius 2 is 2.26 bits per heavy atom. The fraction of sp³-hybridized carbons (Fsp3) is 0.250. The molecular formula is C12H10N2O5. The van der Waals surface area contributed by atoms with Crippen LogP contribution in [0.2, 0.25) is 0 Å². The normalized spacial score (nSPS) is 16.9. The second-order valence-electron chi connectivity index (χ2n) is 3.83. The zero-order valence-electron chi connectivity index (χ0n) is 10.0. The van der Waals surface area contributed by atoms with E-state index in [1.807, 2.05) is 0 Å². The quantitative estimate of drug-likeness (QED) is 0.357. The van der Waals surface area contributed by atoms with Gasteiger partial charge in [-0.3, -0.25) is 24.7 Å². The number of hydrogen-bond donors (Lipinski definition) is 0. The van der Waals surface area contributed by atoms with Crippen molar-refractivity contribution in [3.63, 3.8) is 0 Å². The summed E-state index contributed by atoms with van der Waals surface area (Å²) >= 11 is 0. The average molecular weight is 262 g/mol.